The van der Waals surface area contributed by atoms with Gasteiger partial charge in [0.1, 0.15) is 0 Å². The van der Waals surface area contributed by atoms with Gasteiger partial charge in [0.15, 0.2) is 5.78 Å². The molecule has 1 atom stereocenters. The third-order valence-corrected chi connectivity index (χ3v) is 2.94. The molecule has 1 aromatic rings. The van der Waals surface area contributed by atoms with Gasteiger partial charge in [0, 0.05) is 10.0 Å². The number of carbonyl (C=O) groups is 2. The maximum atomic E-state index is 11.8. The Hall–Kier alpha value is -0.680. The second kappa shape index (κ2) is 5.59. The first-order chi connectivity index (χ1) is 7.41. The van der Waals surface area contributed by atoms with Crippen molar-refractivity contribution in [2.24, 2.45) is 0 Å². The molecule has 0 aliphatic rings. The summed E-state index contributed by atoms with van der Waals surface area (Å²) in [7, 11) is 0. The molecule has 0 saturated carbocycles. The van der Waals surface area contributed by atoms with Gasteiger partial charge in [-0.15, -0.1) is 0 Å². The number of rotatable bonds is 4. The Balaban J connectivity index is 3.17. The summed E-state index contributed by atoms with van der Waals surface area (Å²) in [5, 5.41) is 8.76. The van der Waals surface area contributed by atoms with E-state index in [9.17, 15) is 9.59 Å². The molecule has 1 rings (SSSR count). The van der Waals surface area contributed by atoms with E-state index < -0.39 is 5.97 Å². The van der Waals surface area contributed by atoms with Gasteiger partial charge in [-0.2, -0.15) is 0 Å². The third kappa shape index (κ3) is 3.42. The lowest BCUT2D eigenvalue weighted by Gasteiger charge is -2.08. The number of carboxylic acids is 1. The van der Waals surface area contributed by atoms with E-state index in [0.717, 1.165) is 4.47 Å². The fraction of sp³-hybridized carbons (Fsp3) is 0.273. The van der Waals surface area contributed by atoms with Crippen LogP contribution in [0.25, 0.3) is 0 Å². The number of hydrogen-bond acceptors (Lipinski definition) is 2. The number of alkyl halides is 1. The predicted octanol–water partition coefficient (Wildman–Crippen LogP) is 3.04. The molecule has 1 N–H and O–H groups in total. The van der Waals surface area contributed by atoms with Gasteiger partial charge in [0.25, 0.3) is 0 Å². The van der Waals surface area contributed by atoms with Crippen molar-refractivity contribution in [2.45, 2.75) is 18.2 Å². The Bertz CT molecular complexity index is 427. The summed E-state index contributed by atoms with van der Waals surface area (Å²) in [6, 6.07) is 5.03. The molecule has 5 heteroatoms. The van der Waals surface area contributed by atoms with Crippen molar-refractivity contribution in [1.29, 1.82) is 0 Å². The fourth-order valence-corrected chi connectivity index (χ4v) is 1.98. The van der Waals surface area contributed by atoms with Crippen molar-refractivity contribution in [3.05, 3.63) is 33.8 Å². The maximum Gasteiger partial charge on any atom is 0.307 e. The van der Waals surface area contributed by atoms with Crippen LogP contribution < -0.4 is 0 Å². The Morgan fingerprint density at radius 3 is 2.56 bits per heavy atom. The Kier molecular flexibility index (Phi) is 4.68. The van der Waals surface area contributed by atoms with Gasteiger partial charge >= 0.3 is 5.97 Å². The van der Waals surface area contributed by atoms with E-state index in [2.05, 4.69) is 31.9 Å². The Morgan fingerprint density at radius 2 is 2.06 bits per heavy atom. The monoisotopic (exact) mass is 348 g/mol. The molecular formula is C11H10Br2O3. The highest BCUT2D eigenvalue weighted by Crippen LogP contribution is 2.20. The van der Waals surface area contributed by atoms with Crippen LogP contribution in [0.1, 0.15) is 22.8 Å². The van der Waals surface area contributed by atoms with Crippen molar-refractivity contribution in [3.8, 4) is 0 Å². The number of carbonyl (C=O) groups excluding carboxylic acids is 1. The molecular weight excluding hydrogens is 340 g/mol. The summed E-state index contributed by atoms with van der Waals surface area (Å²) in [6.07, 6.45) is -0.153. The minimum atomic E-state index is -0.950. The first kappa shape index (κ1) is 13.4. The highest BCUT2D eigenvalue weighted by molar-refractivity contribution is 9.10. The minimum absolute atomic E-state index is 0.108. The third-order valence-electron chi connectivity index (χ3n) is 2.04. The first-order valence-corrected chi connectivity index (χ1v) is 6.31. The zero-order valence-electron chi connectivity index (χ0n) is 8.54. The van der Waals surface area contributed by atoms with Gasteiger partial charge in [-0.3, -0.25) is 9.59 Å². The van der Waals surface area contributed by atoms with Gasteiger partial charge in [0.05, 0.1) is 11.2 Å². The normalized spacial score (nSPS) is 12.2. The lowest BCUT2D eigenvalue weighted by atomic mass is 10.00. The molecule has 0 radical (unpaired) electrons. The summed E-state index contributed by atoms with van der Waals surface area (Å²) in [4.78, 5) is 22.2. The van der Waals surface area contributed by atoms with Crippen LogP contribution in [0.3, 0.4) is 0 Å². The quantitative estimate of drug-likeness (QED) is 0.671. The Morgan fingerprint density at radius 1 is 1.44 bits per heavy atom. The smallest absolute Gasteiger partial charge is 0.307 e. The van der Waals surface area contributed by atoms with Crippen molar-refractivity contribution in [3.63, 3.8) is 0 Å². The van der Waals surface area contributed by atoms with Gasteiger partial charge in [-0.05, 0) is 30.7 Å². The van der Waals surface area contributed by atoms with E-state index in [1.54, 1.807) is 25.1 Å². The molecule has 0 aliphatic heterocycles. The highest BCUT2D eigenvalue weighted by atomic mass is 79.9. The number of aliphatic carboxylic acids is 1. The lowest BCUT2D eigenvalue weighted by Crippen LogP contribution is -2.14. The van der Waals surface area contributed by atoms with Crippen LogP contribution in [-0.2, 0) is 11.2 Å². The largest absolute Gasteiger partial charge is 0.481 e. The second-order valence-corrected chi connectivity index (χ2v) is 5.64. The zero-order valence-corrected chi connectivity index (χ0v) is 11.7. The average Bonchev–Trinajstić information content (AvgIpc) is 2.15. The van der Waals surface area contributed by atoms with Gasteiger partial charge in [-0.25, -0.2) is 0 Å². The number of benzene rings is 1. The molecule has 0 saturated heterocycles. The number of halogens is 2. The average molecular weight is 350 g/mol. The summed E-state index contributed by atoms with van der Waals surface area (Å²) >= 11 is 6.44. The van der Waals surface area contributed by atoms with Crippen molar-refractivity contribution < 1.29 is 14.7 Å². The van der Waals surface area contributed by atoms with E-state index in [0.29, 0.717) is 11.1 Å². The number of hydrogen-bond donors (Lipinski definition) is 1. The van der Waals surface area contributed by atoms with E-state index in [1.807, 2.05) is 0 Å². The molecule has 0 heterocycles. The summed E-state index contributed by atoms with van der Waals surface area (Å²) in [6.45, 7) is 1.72. The highest BCUT2D eigenvalue weighted by Gasteiger charge is 2.17. The summed E-state index contributed by atoms with van der Waals surface area (Å²) < 4.78 is 0.766. The standard InChI is InChI=1S/C11H10Br2O3/c1-6(12)11(16)9-3-2-8(13)4-7(9)5-10(14)15/h2-4,6H,5H2,1H3,(H,14,15). The predicted molar refractivity (Wildman–Crippen MR) is 68.2 cm³/mol. The van der Waals surface area contributed by atoms with Crippen molar-refractivity contribution in [1.82, 2.24) is 0 Å². The maximum absolute atomic E-state index is 11.8. The molecule has 16 heavy (non-hydrogen) atoms. The molecule has 1 aromatic carbocycles. The topological polar surface area (TPSA) is 54.4 Å². The second-order valence-electron chi connectivity index (χ2n) is 3.35. The van der Waals surface area contributed by atoms with Crippen LogP contribution in [0.5, 0.6) is 0 Å². The van der Waals surface area contributed by atoms with E-state index >= 15 is 0 Å². The molecule has 86 valence electrons. The minimum Gasteiger partial charge on any atom is -0.481 e. The van der Waals surface area contributed by atoms with Crippen LogP contribution >= 0.6 is 31.9 Å². The zero-order chi connectivity index (χ0) is 12.3. The molecule has 1 unspecified atom stereocenters. The van der Waals surface area contributed by atoms with Crippen LogP contribution in [0, 0.1) is 0 Å². The lowest BCUT2D eigenvalue weighted by molar-refractivity contribution is -0.136. The van der Waals surface area contributed by atoms with E-state index in [4.69, 9.17) is 5.11 Å². The molecule has 0 amide bonds. The molecule has 0 spiro atoms. The van der Waals surface area contributed by atoms with Crippen LogP contribution in [0.2, 0.25) is 0 Å². The fourth-order valence-electron chi connectivity index (χ4n) is 1.33. The van der Waals surface area contributed by atoms with Gasteiger partial charge in [0.2, 0.25) is 0 Å². The SMILES string of the molecule is CC(Br)C(=O)c1ccc(Br)cc1CC(=O)O. The molecule has 0 bridgehead atoms. The van der Waals surface area contributed by atoms with Crippen molar-refractivity contribution in [2.75, 3.05) is 0 Å². The molecule has 3 nitrogen and oxygen atoms in total. The molecule has 0 aromatic heterocycles. The summed E-state index contributed by atoms with van der Waals surface area (Å²) in [5.41, 5.74) is 0.980. The Labute approximate surface area is 110 Å². The van der Waals surface area contributed by atoms with Gasteiger partial charge in [-0.1, -0.05) is 31.9 Å². The van der Waals surface area contributed by atoms with E-state index in [-0.39, 0.29) is 17.0 Å². The first-order valence-electron chi connectivity index (χ1n) is 4.60. The summed E-state index contributed by atoms with van der Waals surface area (Å²) in [5.74, 6) is -1.06. The van der Waals surface area contributed by atoms with Crippen LogP contribution in [0.4, 0.5) is 0 Å². The van der Waals surface area contributed by atoms with Crippen LogP contribution in [-0.4, -0.2) is 21.7 Å². The number of Topliss-reactive ketones (excluding diaryl/α,β-unsaturated/α-hetero) is 1. The molecule has 0 aliphatic carbocycles. The van der Waals surface area contributed by atoms with E-state index in [1.165, 1.54) is 0 Å². The van der Waals surface area contributed by atoms with Gasteiger partial charge < -0.3 is 5.11 Å². The number of ketones is 1. The van der Waals surface area contributed by atoms with Crippen LogP contribution in [0.15, 0.2) is 22.7 Å². The molecule has 0 fully saturated rings. The number of carboxylic acid groups (broad SMARTS) is 1. The van der Waals surface area contributed by atoms with Crippen molar-refractivity contribution >= 4 is 43.6 Å².